The van der Waals surface area contributed by atoms with Crippen molar-refractivity contribution in [1.82, 2.24) is 0 Å². The first-order valence-electron chi connectivity index (χ1n) is 5.71. The first-order chi connectivity index (χ1) is 8.54. The van der Waals surface area contributed by atoms with Gasteiger partial charge in [-0.3, -0.25) is 4.79 Å². The standard InChI is InChI=1S/C13H15ClN2O2/c1-9(13(17)18)3-2-6-16-12-5-4-11(14)7-10(12)8-15/h4-5,7,9,16H,2-3,6H2,1H3,(H,17,18). The van der Waals surface area contributed by atoms with Gasteiger partial charge in [0.05, 0.1) is 17.2 Å². The Balaban J connectivity index is 2.45. The average molecular weight is 267 g/mol. The van der Waals surface area contributed by atoms with E-state index in [0.717, 1.165) is 12.1 Å². The molecule has 0 heterocycles. The highest BCUT2D eigenvalue weighted by Gasteiger charge is 2.09. The summed E-state index contributed by atoms with van der Waals surface area (Å²) < 4.78 is 0. The maximum Gasteiger partial charge on any atom is 0.306 e. The third-order valence-corrected chi connectivity index (χ3v) is 2.89. The van der Waals surface area contributed by atoms with Gasteiger partial charge in [0.2, 0.25) is 0 Å². The van der Waals surface area contributed by atoms with Gasteiger partial charge >= 0.3 is 5.97 Å². The molecule has 1 aromatic carbocycles. The van der Waals surface area contributed by atoms with E-state index in [4.69, 9.17) is 22.0 Å². The van der Waals surface area contributed by atoms with Crippen molar-refractivity contribution in [2.75, 3.05) is 11.9 Å². The Bertz CT molecular complexity index is 469. The van der Waals surface area contributed by atoms with E-state index in [1.165, 1.54) is 0 Å². The molecule has 0 saturated heterocycles. The van der Waals surface area contributed by atoms with Crippen molar-refractivity contribution in [1.29, 1.82) is 5.26 Å². The zero-order chi connectivity index (χ0) is 13.5. The van der Waals surface area contributed by atoms with Crippen molar-refractivity contribution in [2.45, 2.75) is 19.8 Å². The van der Waals surface area contributed by atoms with Gasteiger partial charge in [-0.25, -0.2) is 0 Å². The molecule has 96 valence electrons. The van der Waals surface area contributed by atoms with Crippen molar-refractivity contribution in [3.63, 3.8) is 0 Å². The van der Waals surface area contributed by atoms with Crippen LogP contribution in [-0.4, -0.2) is 17.6 Å². The number of benzene rings is 1. The maximum atomic E-state index is 10.6. The van der Waals surface area contributed by atoms with Crippen molar-refractivity contribution in [3.8, 4) is 6.07 Å². The molecule has 0 aliphatic heterocycles. The minimum absolute atomic E-state index is 0.340. The Hall–Kier alpha value is -1.73. The molecule has 1 unspecified atom stereocenters. The van der Waals surface area contributed by atoms with Crippen LogP contribution in [0.1, 0.15) is 25.3 Å². The minimum Gasteiger partial charge on any atom is -0.481 e. The first-order valence-corrected chi connectivity index (χ1v) is 6.08. The predicted octanol–water partition coefficient (Wildman–Crippen LogP) is 3.12. The van der Waals surface area contributed by atoms with Gasteiger partial charge in [0.25, 0.3) is 0 Å². The summed E-state index contributed by atoms with van der Waals surface area (Å²) >= 11 is 5.79. The van der Waals surface area contributed by atoms with Gasteiger partial charge in [-0.05, 0) is 31.0 Å². The second-order valence-electron chi connectivity index (χ2n) is 4.11. The Labute approximate surface area is 111 Å². The number of rotatable bonds is 6. The molecule has 0 radical (unpaired) electrons. The molecule has 2 N–H and O–H groups in total. The van der Waals surface area contributed by atoms with Crippen LogP contribution in [0.25, 0.3) is 0 Å². The molecule has 0 saturated carbocycles. The molecule has 0 aromatic heterocycles. The van der Waals surface area contributed by atoms with Crippen LogP contribution in [-0.2, 0) is 4.79 Å². The van der Waals surface area contributed by atoms with Gasteiger partial charge in [0, 0.05) is 11.6 Å². The SMILES string of the molecule is CC(CCCNc1ccc(Cl)cc1C#N)C(=O)O. The lowest BCUT2D eigenvalue weighted by Gasteiger charge is -2.09. The number of carboxylic acids is 1. The van der Waals surface area contributed by atoms with Gasteiger partial charge in [0.1, 0.15) is 6.07 Å². The molecule has 4 nitrogen and oxygen atoms in total. The Kier molecular flexibility index (Phi) is 5.47. The number of carbonyl (C=O) groups is 1. The topological polar surface area (TPSA) is 73.1 Å². The maximum absolute atomic E-state index is 10.6. The highest BCUT2D eigenvalue weighted by molar-refractivity contribution is 6.30. The summed E-state index contributed by atoms with van der Waals surface area (Å²) in [4.78, 5) is 10.6. The van der Waals surface area contributed by atoms with E-state index in [0.29, 0.717) is 23.6 Å². The third-order valence-electron chi connectivity index (χ3n) is 2.65. The smallest absolute Gasteiger partial charge is 0.306 e. The van der Waals surface area contributed by atoms with Crippen LogP contribution in [0.2, 0.25) is 5.02 Å². The van der Waals surface area contributed by atoms with Gasteiger partial charge in [-0.2, -0.15) is 5.26 Å². The largest absolute Gasteiger partial charge is 0.481 e. The molecule has 5 heteroatoms. The van der Waals surface area contributed by atoms with Crippen LogP contribution in [0.4, 0.5) is 5.69 Å². The molecule has 0 bridgehead atoms. The lowest BCUT2D eigenvalue weighted by Crippen LogP contribution is -2.11. The van der Waals surface area contributed by atoms with Gasteiger partial charge in [-0.15, -0.1) is 0 Å². The minimum atomic E-state index is -0.779. The monoisotopic (exact) mass is 266 g/mol. The summed E-state index contributed by atoms with van der Waals surface area (Å²) in [5, 5.41) is 21.3. The van der Waals surface area contributed by atoms with Crippen LogP contribution < -0.4 is 5.32 Å². The first kappa shape index (κ1) is 14.3. The van der Waals surface area contributed by atoms with Crippen molar-refractivity contribution in [2.24, 2.45) is 5.92 Å². The van der Waals surface area contributed by atoms with E-state index in [1.807, 2.05) is 0 Å². The molecule has 0 amide bonds. The van der Waals surface area contributed by atoms with E-state index in [2.05, 4.69) is 11.4 Å². The Morgan fingerprint density at radius 1 is 1.61 bits per heavy atom. The number of nitrogens with one attached hydrogen (secondary N) is 1. The fourth-order valence-electron chi connectivity index (χ4n) is 1.52. The molecule has 0 spiro atoms. The number of halogens is 1. The summed E-state index contributed by atoms with van der Waals surface area (Å²) in [7, 11) is 0. The quantitative estimate of drug-likeness (QED) is 0.776. The molecule has 1 aromatic rings. The lowest BCUT2D eigenvalue weighted by molar-refractivity contribution is -0.141. The van der Waals surface area contributed by atoms with Crippen LogP contribution in [0.5, 0.6) is 0 Å². The highest BCUT2D eigenvalue weighted by Crippen LogP contribution is 2.20. The van der Waals surface area contributed by atoms with E-state index in [1.54, 1.807) is 25.1 Å². The molecule has 18 heavy (non-hydrogen) atoms. The number of hydrogen-bond acceptors (Lipinski definition) is 3. The van der Waals surface area contributed by atoms with E-state index in [-0.39, 0.29) is 5.92 Å². The average Bonchev–Trinajstić information content (AvgIpc) is 2.35. The zero-order valence-electron chi connectivity index (χ0n) is 10.1. The van der Waals surface area contributed by atoms with Gasteiger partial charge in [0.15, 0.2) is 0 Å². The fourth-order valence-corrected chi connectivity index (χ4v) is 1.69. The van der Waals surface area contributed by atoms with Crippen molar-refractivity contribution >= 4 is 23.3 Å². The summed E-state index contributed by atoms with van der Waals surface area (Å²) in [6.07, 6.45) is 1.35. The van der Waals surface area contributed by atoms with Gasteiger partial charge in [-0.1, -0.05) is 18.5 Å². The summed E-state index contributed by atoms with van der Waals surface area (Å²) in [6.45, 7) is 2.32. The van der Waals surface area contributed by atoms with E-state index < -0.39 is 5.97 Å². The number of carboxylic acid groups (broad SMARTS) is 1. The zero-order valence-corrected chi connectivity index (χ0v) is 10.9. The number of nitriles is 1. The Morgan fingerprint density at radius 2 is 2.33 bits per heavy atom. The van der Waals surface area contributed by atoms with Crippen molar-refractivity contribution < 1.29 is 9.90 Å². The molecule has 0 aliphatic carbocycles. The summed E-state index contributed by atoms with van der Waals surface area (Å²) in [6, 6.07) is 7.13. The Morgan fingerprint density at radius 3 is 2.94 bits per heavy atom. The fraction of sp³-hybridized carbons (Fsp3) is 0.385. The normalized spacial score (nSPS) is 11.6. The molecular weight excluding hydrogens is 252 g/mol. The lowest BCUT2D eigenvalue weighted by atomic mass is 10.1. The van der Waals surface area contributed by atoms with Crippen LogP contribution in [0.3, 0.4) is 0 Å². The number of hydrogen-bond donors (Lipinski definition) is 2. The van der Waals surface area contributed by atoms with E-state index >= 15 is 0 Å². The number of anilines is 1. The van der Waals surface area contributed by atoms with Crippen LogP contribution in [0, 0.1) is 17.2 Å². The summed E-state index contributed by atoms with van der Waals surface area (Å²) in [5.74, 6) is -1.12. The predicted molar refractivity (Wildman–Crippen MR) is 70.7 cm³/mol. The molecular formula is C13H15ClN2O2. The van der Waals surface area contributed by atoms with Gasteiger partial charge < -0.3 is 10.4 Å². The second kappa shape index (κ2) is 6.87. The summed E-state index contributed by atoms with van der Waals surface area (Å²) in [5.41, 5.74) is 1.22. The number of aliphatic carboxylic acids is 1. The highest BCUT2D eigenvalue weighted by atomic mass is 35.5. The van der Waals surface area contributed by atoms with E-state index in [9.17, 15) is 4.79 Å². The van der Waals surface area contributed by atoms with Crippen molar-refractivity contribution in [3.05, 3.63) is 28.8 Å². The molecule has 0 aliphatic rings. The van der Waals surface area contributed by atoms with Crippen LogP contribution >= 0.6 is 11.6 Å². The molecule has 0 fully saturated rings. The molecule has 1 atom stereocenters. The number of nitrogens with zero attached hydrogens (tertiary/aromatic N) is 1. The second-order valence-corrected chi connectivity index (χ2v) is 4.55. The van der Waals surface area contributed by atoms with Crippen LogP contribution in [0.15, 0.2) is 18.2 Å². The molecule has 1 rings (SSSR count). The third kappa shape index (κ3) is 4.27.